The number of nitrogens with one attached hydrogen (secondary N) is 3. The zero-order chi connectivity index (χ0) is 28.5. The molecule has 3 N–H and O–H groups in total. The van der Waals surface area contributed by atoms with Gasteiger partial charge in [0.15, 0.2) is 0 Å². The molecule has 0 fully saturated rings. The van der Waals surface area contributed by atoms with Gasteiger partial charge in [-0.25, -0.2) is 8.42 Å². The van der Waals surface area contributed by atoms with Crippen molar-refractivity contribution in [2.24, 2.45) is 0 Å². The summed E-state index contributed by atoms with van der Waals surface area (Å²) in [5, 5.41) is 5.10. The number of benzene rings is 2. The van der Waals surface area contributed by atoms with Gasteiger partial charge in [-0.05, 0) is 69.2 Å². The summed E-state index contributed by atoms with van der Waals surface area (Å²) in [5.41, 5.74) is 0.621. The van der Waals surface area contributed by atoms with Crippen molar-refractivity contribution >= 4 is 39.5 Å². The molecule has 206 valence electrons. The highest BCUT2D eigenvalue weighted by Gasteiger charge is 2.30. The van der Waals surface area contributed by atoms with E-state index in [0.717, 1.165) is 5.56 Å². The fourth-order valence-electron chi connectivity index (χ4n) is 3.19. The van der Waals surface area contributed by atoms with Crippen molar-refractivity contribution in [3.8, 4) is 0 Å². The van der Waals surface area contributed by atoms with Crippen LogP contribution in [0.4, 0.5) is 5.69 Å². The van der Waals surface area contributed by atoms with Gasteiger partial charge in [0, 0.05) is 31.1 Å². The predicted octanol–water partition coefficient (Wildman–Crippen LogP) is 2.17. The van der Waals surface area contributed by atoms with Crippen LogP contribution in [0.1, 0.15) is 50.0 Å². The summed E-state index contributed by atoms with van der Waals surface area (Å²) in [6, 6.07) is 10.5. The number of aryl methyl sites for hydroxylation is 1. The second-order valence-electron chi connectivity index (χ2n) is 9.40. The molecule has 38 heavy (non-hydrogen) atoms. The Balaban J connectivity index is 2.14. The molecular weight excluding hydrogens is 514 g/mol. The maximum absolute atomic E-state index is 13.0. The molecule has 2 aromatic rings. The third-order valence-electron chi connectivity index (χ3n) is 5.00. The zero-order valence-corrected chi connectivity index (χ0v) is 22.8. The number of anilines is 1. The zero-order valence-electron chi connectivity index (χ0n) is 22.0. The van der Waals surface area contributed by atoms with Crippen molar-refractivity contribution in [3.05, 3.63) is 59.7 Å². The van der Waals surface area contributed by atoms with Crippen LogP contribution in [0.5, 0.6) is 0 Å². The highest BCUT2D eigenvalue weighted by Crippen LogP contribution is 2.16. The number of sulfonamides is 1. The number of carbonyl (C=O) groups is 4. The van der Waals surface area contributed by atoms with Gasteiger partial charge in [-0.3, -0.25) is 19.2 Å². The van der Waals surface area contributed by atoms with Gasteiger partial charge in [0.05, 0.1) is 12.0 Å². The summed E-state index contributed by atoms with van der Waals surface area (Å²) in [6.45, 7) is 5.86. The van der Waals surface area contributed by atoms with Crippen molar-refractivity contribution in [1.29, 1.82) is 0 Å². The van der Waals surface area contributed by atoms with E-state index < -0.39 is 33.5 Å². The van der Waals surface area contributed by atoms with Crippen LogP contribution in [-0.2, 0) is 40.3 Å². The quantitative estimate of drug-likeness (QED) is 0.361. The Bertz CT molecular complexity index is 1250. The standard InChI is InChI=1S/C26H33N3O8S/c1-17(30)28-20-11-13-21(14-12-20)38(34,35)29-22(25(33)37-26(2,3)4)16-27-24(32)19-9-6-18(7-10-19)8-15-23(31)36-5/h6-7,9-14,22,29H,8,15-16H2,1-5H3,(H,27,32)(H,28,30)/t22-/m0/s1. The monoisotopic (exact) mass is 547 g/mol. The van der Waals surface area contributed by atoms with Gasteiger partial charge in [-0.15, -0.1) is 0 Å². The average Bonchev–Trinajstić information content (AvgIpc) is 2.84. The van der Waals surface area contributed by atoms with Crippen LogP contribution < -0.4 is 15.4 Å². The Kier molecular flexibility index (Phi) is 10.5. The third kappa shape index (κ3) is 9.94. The summed E-state index contributed by atoms with van der Waals surface area (Å²) in [4.78, 5) is 47.9. The van der Waals surface area contributed by atoms with E-state index >= 15 is 0 Å². The van der Waals surface area contributed by atoms with E-state index in [0.29, 0.717) is 12.1 Å². The van der Waals surface area contributed by atoms with Crippen molar-refractivity contribution in [1.82, 2.24) is 10.0 Å². The first kappa shape index (κ1) is 30.5. The molecule has 0 aromatic heterocycles. The molecule has 1 atom stereocenters. The smallest absolute Gasteiger partial charge is 0.326 e. The SMILES string of the molecule is COC(=O)CCc1ccc(C(=O)NC[C@H](NS(=O)(=O)c2ccc(NC(C)=O)cc2)C(=O)OC(C)(C)C)cc1. The van der Waals surface area contributed by atoms with Gasteiger partial charge in [-0.2, -0.15) is 4.72 Å². The number of carbonyl (C=O) groups excluding carboxylic acids is 4. The molecule has 0 aliphatic carbocycles. The Morgan fingerprint density at radius 1 is 0.947 bits per heavy atom. The molecule has 2 rings (SSSR count). The predicted molar refractivity (Wildman–Crippen MR) is 140 cm³/mol. The van der Waals surface area contributed by atoms with Crippen molar-refractivity contribution < 1.29 is 37.1 Å². The van der Waals surface area contributed by atoms with E-state index in [1.165, 1.54) is 38.3 Å². The number of methoxy groups -OCH3 is 1. The average molecular weight is 548 g/mol. The molecule has 0 saturated carbocycles. The van der Waals surface area contributed by atoms with Crippen LogP contribution in [0.3, 0.4) is 0 Å². The molecule has 0 heterocycles. The number of amides is 2. The van der Waals surface area contributed by atoms with Crippen LogP contribution >= 0.6 is 0 Å². The molecule has 11 nitrogen and oxygen atoms in total. The Labute approximate surface area is 222 Å². The molecule has 0 bridgehead atoms. The van der Waals surface area contributed by atoms with Crippen LogP contribution in [0.25, 0.3) is 0 Å². The second kappa shape index (κ2) is 13.2. The minimum absolute atomic E-state index is 0.144. The Morgan fingerprint density at radius 3 is 2.08 bits per heavy atom. The van der Waals surface area contributed by atoms with E-state index in [-0.39, 0.29) is 35.3 Å². The van der Waals surface area contributed by atoms with Gasteiger partial charge >= 0.3 is 11.9 Å². The lowest BCUT2D eigenvalue weighted by molar-refractivity contribution is -0.156. The summed E-state index contributed by atoms with van der Waals surface area (Å²) in [5.74, 6) is -2.05. The van der Waals surface area contributed by atoms with E-state index in [4.69, 9.17) is 4.74 Å². The number of ether oxygens (including phenoxy) is 2. The van der Waals surface area contributed by atoms with Gasteiger partial charge in [0.2, 0.25) is 15.9 Å². The Hall–Kier alpha value is -3.77. The first-order valence-corrected chi connectivity index (χ1v) is 13.3. The number of rotatable bonds is 11. The molecule has 0 aliphatic rings. The normalized spacial score (nSPS) is 12.2. The topological polar surface area (TPSA) is 157 Å². The van der Waals surface area contributed by atoms with Crippen LogP contribution in [0.15, 0.2) is 53.4 Å². The molecule has 0 saturated heterocycles. The molecule has 12 heteroatoms. The number of hydrogen-bond acceptors (Lipinski definition) is 8. The molecule has 0 radical (unpaired) electrons. The van der Waals surface area contributed by atoms with Gasteiger partial charge in [0.1, 0.15) is 11.6 Å². The summed E-state index contributed by atoms with van der Waals surface area (Å²) < 4.78 is 38.2. The second-order valence-corrected chi connectivity index (χ2v) is 11.1. The van der Waals surface area contributed by atoms with Gasteiger partial charge in [0.25, 0.3) is 5.91 Å². The maximum Gasteiger partial charge on any atom is 0.326 e. The lowest BCUT2D eigenvalue weighted by atomic mass is 10.1. The van der Waals surface area contributed by atoms with Crippen molar-refractivity contribution in [3.63, 3.8) is 0 Å². The lowest BCUT2D eigenvalue weighted by Crippen LogP contribution is -2.50. The first-order chi connectivity index (χ1) is 17.7. The van der Waals surface area contributed by atoms with E-state index in [1.54, 1.807) is 45.0 Å². The van der Waals surface area contributed by atoms with E-state index in [1.807, 2.05) is 0 Å². The molecular formula is C26H33N3O8S. The molecule has 0 aliphatic heterocycles. The molecule has 2 amide bonds. The third-order valence-corrected chi connectivity index (χ3v) is 6.49. The summed E-state index contributed by atoms with van der Waals surface area (Å²) >= 11 is 0. The summed E-state index contributed by atoms with van der Waals surface area (Å²) in [6.07, 6.45) is 0.651. The highest BCUT2D eigenvalue weighted by molar-refractivity contribution is 7.89. The largest absolute Gasteiger partial charge is 0.469 e. The molecule has 0 spiro atoms. The van der Waals surface area contributed by atoms with Crippen LogP contribution in [0, 0.1) is 0 Å². The van der Waals surface area contributed by atoms with Gasteiger partial charge < -0.3 is 20.1 Å². The fraction of sp³-hybridized carbons (Fsp3) is 0.385. The fourth-order valence-corrected chi connectivity index (χ4v) is 4.37. The van der Waals surface area contributed by atoms with E-state index in [2.05, 4.69) is 20.1 Å². The van der Waals surface area contributed by atoms with Crippen molar-refractivity contribution in [2.75, 3.05) is 19.0 Å². The highest BCUT2D eigenvalue weighted by atomic mass is 32.2. The number of hydrogen-bond donors (Lipinski definition) is 3. The first-order valence-electron chi connectivity index (χ1n) is 11.8. The Morgan fingerprint density at radius 2 is 1.55 bits per heavy atom. The molecule has 2 aromatic carbocycles. The van der Waals surface area contributed by atoms with Crippen molar-refractivity contribution in [2.45, 2.75) is 57.1 Å². The van der Waals surface area contributed by atoms with Gasteiger partial charge in [-0.1, -0.05) is 12.1 Å². The van der Waals surface area contributed by atoms with Crippen LogP contribution in [0.2, 0.25) is 0 Å². The summed E-state index contributed by atoms with van der Waals surface area (Å²) in [7, 11) is -2.88. The maximum atomic E-state index is 13.0. The van der Waals surface area contributed by atoms with E-state index in [9.17, 15) is 27.6 Å². The lowest BCUT2D eigenvalue weighted by Gasteiger charge is -2.24. The molecule has 0 unspecified atom stereocenters. The minimum Gasteiger partial charge on any atom is -0.469 e. The minimum atomic E-state index is -4.19. The van der Waals surface area contributed by atoms with Crippen LogP contribution in [-0.4, -0.2) is 57.5 Å². The number of esters is 2.